The largest absolute Gasteiger partial charge is 0.481 e. The molecule has 1 unspecified atom stereocenters. The smallest absolute Gasteiger partial charge is 0.332 e. The predicted octanol–water partition coefficient (Wildman–Crippen LogP) is 0.775. The second kappa shape index (κ2) is 4.96. The Labute approximate surface area is 110 Å². The summed E-state index contributed by atoms with van der Waals surface area (Å²) in [7, 11) is -4.82. The number of ether oxygens (including phenoxy) is 1. The third-order valence-corrected chi connectivity index (χ3v) is 3.37. The predicted molar refractivity (Wildman–Crippen MR) is 63.6 cm³/mol. The van der Waals surface area contributed by atoms with E-state index in [1.807, 2.05) is 0 Å². The van der Waals surface area contributed by atoms with Crippen LogP contribution in [0.2, 0.25) is 0 Å². The van der Waals surface area contributed by atoms with Gasteiger partial charge in [0.25, 0.3) is 5.91 Å². The van der Waals surface area contributed by atoms with E-state index in [1.165, 1.54) is 12.1 Å². The van der Waals surface area contributed by atoms with Crippen molar-refractivity contribution in [3.63, 3.8) is 0 Å². The van der Waals surface area contributed by atoms with E-state index in [0.717, 1.165) is 12.1 Å². The van der Waals surface area contributed by atoms with E-state index in [9.17, 15) is 21.9 Å². The maximum atomic E-state index is 12.8. The van der Waals surface area contributed by atoms with Gasteiger partial charge in [-0.2, -0.15) is 8.42 Å². The number of rotatable bonds is 3. The zero-order chi connectivity index (χ0) is 14.0. The monoisotopic (exact) mass is 289 g/mol. The average Bonchev–Trinajstić information content (AvgIpc) is 2.32. The Morgan fingerprint density at radius 2 is 2.11 bits per heavy atom. The van der Waals surface area contributed by atoms with Crippen LogP contribution in [0.5, 0.6) is 5.75 Å². The lowest BCUT2D eigenvalue weighted by Gasteiger charge is -2.21. The number of halogens is 1. The minimum absolute atomic E-state index is 0. The summed E-state index contributed by atoms with van der Waals surface area (Å²) in [5.41, 5.74) is 0. The molecule has 0 radical (unpaired) electrons. The van der Waals surface area contributed by atoms with E-state index in [2.05, 4.69) is 5.32 Å². The molecule has 19 heavy (non-hydrogen) atoms. The van der Waals surface area contributed by atoms with E-state index in [1.54, 1.807) is 0 Å². The van der Waals surface area contributed by atoms with E-state index >= 15 is 0 Å². The van der Waals surface area contributed by atoms with Gasteiger partial charge in [0.1, 0.15) is 10.6 Å². The van der Waals surface area contributed by atoms with Crippen LogP contribution in [0.4, 0.5) is 3.89 Å². The first-order chi connectivity index (χ1) is 8.86. The van der Waals surface area contributed by atoms with Gasteiger partial charge in [-0.1, -0.05) is 6.07 Å². The number of imide groups is 1. The fourth-order valence-electron chi connectivity index (χ4n) is 1.65. The molecule has 2 rings (SSSR count). The minimum atomic E-state index is -4.82. The topological polar surface area (TPSA) is 89.5 Å². The Bertz CT molecular complexity index is 633. The van der Waals surface area contributed by atoms with Gasteiger partial charge < -0.3 is 4.74 Å². The van der Waals surface area contributed by atoms with E-state index in [-0.39, 0.29) is 25.9 Å². The molecule has 2 amide bonds. The molecule has 104 valence electrons. The van der Waals surface area contributed by atoms with Gasteiger partial charge >= 0.3 is 10.2 Å². The lowest BCUT2D eigenvalue weighted by Crippen LogP contribution is -2.46. The molecule has 0 aromatic heterocycles. The van der Waals surface area contributed by atoms with Gasteiger partial charge in [0, 0.05) is 20.3 Å². The molecule has 1 N–H and O–H groups in total. The average molecular weight is 289 g/mol. The van der Waals surface area contributed by atoms with Crippen LogP contribution in [0.1, 0.15) is 14.3 Å². The van der Waals surface area contributed by atoms with Gasteiger partial charge in [-0.3, -0.25) is 14.9 Å². The molecule has 1 saturated heterocycles. The molecule has 0 saturated carbocycles. The molecule has 1 aromatic rings. The molecule has 0 spiro atoms. The number of hydrogen-bond donors (Lipinski definition) is 1. The number of carbonyl (C=O) groups excluding carboxylic acids is 2. The summed E-state index contributed by atoms with van der Waals surface area (Å²) in [4.78, 5) is 21.8. The Morgan fingerprint density at radius 3 is 2.74 bits per heavy atom. The van der Waals surface area contributed by atoms with Gasteiger partial charge in [-0.15, -0.1) is 3.89 Å². The van der Waals surface area contributed by atoms with Crippen molar-refractivity contribution in [2.45, 2.75) is 23.8 Å². The number of carbonyl (C=O) groups is 2. The third kappa shape index (κ3) is 3.28. The molecule has 1 atom stereocenters. The van der Waals surface area contributed by atoms with Crippen molar-refractivity contribution < 1.29 is 28.1 Å². The van der Waals surface area contributed by atoms with Crippen molar-refractivity contribution in [1.29, 1.82) is 0 Å². The number of amides is 2. The van der Waals surface area contributed by atoms with Gasteiger partial charge in [0.15, 0.2) is 6.10 Å². The summed E-state index contributed by atoms with van der Waals surface area (Å²) in [5.74, 6) is -0.928. The van der Waals surface area contributed by atoms with Crippen molar-refractivity contribution in [2.24, 2.45) is 0 Å². The van der Waals surface area contributed by atoms with Crippen LogP contribution in [0.15, 0.2) is 29.2 Å². The van der Waals surface area contributed by atoms with E-state index < -0.39 is 27.1 Å². The molecule has 1 fully saturated rings. The van der Waals surface area contributed by atoms with E-state index in [4.69, 9.17) is 4.74 Å². The Balaban J connectivity index is 0.00000200. The number of hydrogen-bond acceptors (Lipinski definition) is 5. The quantitative estimate of drug-likeness (QED) is 0.656. The van der Waals surface area contributed by atoms with Crippen LogP contribution < -0.4 is 10.1 Å². The van der Waals surface area contributed by atoms with Crippen molar-refractivity contribution in [3.8, 4) is 5.75 Å². The molecule has 0 aliphatic carbocycles. The van der Waals surface area contributed by atoms with Gasteiger partial charge in [0.2, 0.25) is 5.91 Å². The molecule has 1 heterocycles. The summed E-state index contributed by atoms with van der Waals surface area (Å²) >= 11 is 0. The minimum Gasteiger partial charge on any atom is -0.481 e. The van der Waals surface area contributed by atoms with Crippen molar-refractivity contribution in [3.05, 3.63) is 24.3 Å². The first-order valence-corrected chi connectivity index (χ1v) is 6.80. The lowest BCUT2D eigenvalue weighted by atomic mass is 10.1. The standard InChI is InChI=1S/C11H10FNO5S.H2/c12-19(16,17)8-3-1-2-7(6-8)18-9-4-5-10(14)13-11(9)15;/h1-3,6,9H,4-5H2,(H,13,14,15);1H. The second-order valence-electron chi connectivity index (χ2n) is 3.97. The molecule has 1 aliphatic rings. The third-order valence-electron chi connectivity index (χ3n) is 2.55. The number of benzene rings is 1. The van der Waals surface area contributed by atoms with E-state index in [0.29, 0.717) is 0 Å². The van der Waals surface area contributed by atoms with Crippen molar-refractivity contribution in [2.75, 3.05) is 0 Å². The fourth-order valence-corrected chi connectivity index (χ4v) is 2.15. The van der Waals surface area contributed by atoms with Crippen LogP contribution in [0, 0.1) is 0 Å². The highest BCUT2D eigenvalue weighted by Gasteiger charge is 2.28. The van der Waals surface area contributed by atoms with Crippen molar-refractivity contribution in [1.82, 2.24) is 5.32 Å². The maximum absolute atomic E-state index is 12.8. The Kier molecular flexibility index (Phi) is 3.52. The lowest BCUT2D eigenvalue weighted by molar-refractivity contribution is -0.138. The molecule has 8 heteroatoms. The zero-order valence-corrected chi connectivity index (χ0v) is 10.4. The number of nitrogens with one attached hydrogen (secondary N) is 1. The Morgan fingerprint density at radius 1 is 1.37 bits per heavy atom. The van der Waals surface area contributed by atoms with Crippen LogP contribution >= 0.6 is 0 Å². The maximum Gasteiger partial charge on any atom is 0.332 e. The highest BCUT2D eigenvalue weighted by molar-refractivity contribution is 7.86. The van der Waals surface area contributed by atoms with Crippen LogP contribution in [0.25, 0.3) is 0 Å². The summed E-state index contributed by atoms with van der Waals surface area (Å²) in [6.07, 6.45) is -0.565. The summed E-state index contributed by atoms with van der Waals surface area (Å²) in [6.45, 7) is 0. The van der Waals surface area contributed by atoms with Crippen molar-refractivity contribution >= 4 is 22.0 Å². The fraction of sp³-hybridized carbons (Fsp3) is 0.273. The van der Waals surface area contributed by atoms with Crippen LogP contribution in [0.3, 0.4) is 0 Å². The molecule has 1 aliphatic heterocycles. The first kappa shape index (κ1) is 13.5. The zero-order valence-electron chi connectivity index (χ0n) is 9.63. The molecule has 0 bridgehead atoms. The highest BCUT2D eigenvalue weighted by Crippen LogP contribution is 2.21. The normalized spacial score (nSPS) is 19.9. The summed E-state index contributed by atoms with van der Waals surface area (Å²) in [6, 6.07) is 4.76. The molecular weight excluding hydrogens is 277 g/mol. The summed E-state index contributed by atoms with van der Waals surface area (Å²) in [5, 5.41) is 2.10. The van der Waals surface area contributed by atoms with Crippen LogP contribution in [-0.4, -0.2) is 26.3 Å². The second-order valence-corrected chi connectivity index (χ2v) is 5.32. The summed E-state index contributed by atoms with van der Waals surface area (Å²) < 4.78 is 39.5. The first-order valence-electron chi connectivity index (χ1n) is 5.41. The van der Waals surface area contributed by atoms with Gasteiger partial charge in [-0.05, 0) is 12.1 Å². The van der Waals surface area contributed by atoms with Gasteiger partial charge in [0.05, 0.1) is 0 Å². The van der Waals surface area contributed by atoms with Crippen LogP contribution in [-0.2, 0) is 19.8 Å². The Hall–Kier alpha value is -1.96. The molecular formula is C11H12FNO5S. The SMILES string of the molecule is O=C1CCC(Oc2cccc(S(=O)(=O)F)c2)C(=O)N1.[HH]. The number of piperidine rings is 1. The molecule has 6 nitrogen and oxygen atoms in total. The highest BCUT2D eigenvalue weighted by atomic mass is 32.3. The van der Waals surface area contributed by atoms with Gasteiger partial charge in [-0.25, -0.2) is 0 Å². The molecule has 1 aromatic carbocycles.